The summed E-state index contributed by atoms with van der Waals surface area (Å²) in [4.78, 5) is 11.5. The van der Waals surface area contributed by atoms with Crippen molar-refractivity contribution in [1.29, 1.82) is 0 Å². The maximum absolute atomic E-state index is 13.2. The van der Waals surface area contributed by atoms with Gasteiger partial charge in [-0.05, 0) is 49.1 Å². The van der Waals surface area contributed by atoms with Gasteiger partial charge in [-0.15, -0.1) is 0 Å². The lowest BCUT2D eigenvalue weighted by molar-refractivity contribution is -0.114. The fourth-order valence-electron chi connectivity index (χ4n) is 3.03. The van der Waals surface area contributed by atoms with E-state index >= 15 is 0 Å². The fraction of sp³-hybridized carbons (Fsp3) is 0.278. The molecule has 3 rings (SSSR count). The summed E-state index contributed by atoms with van der Waals surface area (Å²) in [6.07, 6.45) is 1.67. The molecular weight excluding hydrogens is 324 g/mol. The first-order valence-corrected chi connectivity index (χ1v) is 9.32. The van der Waals surface area contributed by atoms with Gasteiger partial charge in [0.25, 0.3) is 10.0 Å². The van der Waals surface area contributed by atoms with E-state index in [1.54, 1.807) is 19.1 Å². The minimum absolute atomic E-state index is 0.227. The topological polar surface area (TPSA) is 66.5 Å². The van der Waals surface area contributed by atoms with E-state index in [1.165, 1.54) is 17.3 Å². The average molecular weight is 344 g/mol. The Kier molecular flexibility index (Phi) is 4.32. The number of aryl methyl sites for hydroxylation is 2. The van der Waals surface area contributed by atoms with E-state index in [0.717, 1.165) is 24.1 Å². The zero-order valence-electron chi connectivity index (χ0n) is 13.7. The highest BCUT2D eigenvalue weighted by molar-refractivity contribution is 7.92. The number of anilines is 2. The number of para-hydroxylation sites is 1. The first-order chi connectivity index (χ1) is 11.4. The lowest BCUT2D eigenvalue weighted by Gasteiger charge is -2.31. The van der Waals surface area contributed by atoms with Crippen molar-refractivity contribution in [3.63, 3.8) is 0 Å². The van der Waals surface area contributed by atoms with Crippen LogP contribution >= 0.6 is 0 Å². The summed E-state index contributed by atoms with van der Waals surface area (Å²) in [5, 5.41) is 2.64. The van der Waals surface area contributed by atoms with Gasteiger partial charge in [-0.1, -0.05) is 24.3 Å². The Morgan fingerprint density at radius 2 is 1.92 bits per heavy atom. The SMILES string of the molecule is CC(=O)Nc1ccc(C)c(S(=O)(=O)N2CCCc3ccccc32)c1. The van der Waals surface area contributed by atoms with Crippen LogP contribution in [0.15, 0.2) is 47.4 Å². The van der Waals surface area contributed by atoms with Crippen molar-refractivity contribution in [2.75, 3.05) is 16.2 Å². The van der Waals surface area contributed by atoms with Crippen LogP contribution in [0.3, 0.4) is 0 Å². The minimum atomic E-state index is -3.68. The summed E-state index contributed by atoms with van der Waals surface area (Å²) in [7, 11) is -3.68. The molecule has 0 saturated heterocycles. The maximum Gasteiger partial charge on any atom is 0.264 e. The van der Waals surface area contributed by atoms with Crippen molar-refractivity contribution in [1.82, 2.24) is 0 Å². The van der Waals surface area contributed by atoms with Gasteiger partial charge in [-0.2, -0.15) is 0 Å². The van der Waals surface area contributed by atoms with E-state index in [9.17, 15) is 13.2 Å². The number of benzene rings is 2. The summed E-state index contributed by atoms with van der Waals surface area (Å²) in [6, 6.07) is 12.6. The molecule has 1 aliphatic rings. The van der Waals surface area contributed by atoms with Crippen molar-refractivity contribution >= 4 is 27.3 Å². The van der Waals surface area contributed by atoms with Crippen LogP contribution in [0.4, 0.5) is 11.4 Å². The smallest absolute Gasteiger partial charge is 0.264 e. The van der Waals surface area contributed by atoms with Crippen LogP contribution in [0.25, 0.3) is 0 Å². The molecule has 126 valence electrons. The molecule has 0 atom stereocenters. The second-order valence-electron chi connectivity index (χ2n) is 5.97. The molecule has 0 fully saturated rings. The van der Waals surface area contributed by atoms with Gasteiger partial charge in [-0.25, -0.2) is 8.42 Å². The second-order valence-corrected chi connectivity index (χ2v) is 7.80. The van der Waals surface area contributed by atoms with Gasteiger partial charge in [0, 0.05) is 19.2 Å². The van der Waals surface area contributed by atoms with Crippen molar-refractivity contribution < 1.29 is 13.2 Å². The van der Waals surface area contributed by atoms with Crippen LogP contribution < -0.4 is 9.62 Å². The molecule has 5 nitrogen and oxygen atoms in total. The number of nitrogens with one attached hydrogen (secondary N) is 1. The highest BCUT2D eigenvalue weighted by Crippen LogP contribution is 2.33. The number of sulfonamides is 1. The van der Waals surface area contributed by atoms with E-state index in [1.807, 2.05) is 24.3 Å². The third-order valence-corrected chi connectivity index (χ3v) is 6.10. The van der Waals surface area contributed by atoms with Crippen LogP contribution in [0.1, 0.15) is 24.5 Å². The number of hydrogen-bond acceptors (Lipinski definition) is 3. The molecule has 1 heterocycles. The normalized spacial score (nSPS) is 14.2. The lowest BCUT2D eigenvalue weighted by atomic mass is 10.0. The zero-order chi connectivity index (χ0) is 17.3. The van der Waals surface area contributed by atoms with Gasteiger partial charge in [-0.3, -0.25) is 9.10 Å². The Balaban J connectivity index is 2.08. The predicted octanol–water partition coefficient (Wildman–Crippen LogP) is 3.09. The first-order valence-electron chi connectivity index (χ1n) is 7.88. The van der Waals surface area contributed by atoms with Crippen LogP contribution in [-0.2, 0) is 21.2 Å². The molecule has 0 aliphatic carbocycles. The molecule has 1 N–H and O–H groups in total. The fourth-order valence-corrected chi connectivity index (χ4v) is 4.82. The summed E-state index contributed by atoms with van der Waals surface area (Å²) >= 11 is 0. The van der Waals surface area contributed by atoms with Crippen molar-refractivity contribution in [3.05, 3.63) is 53.6 Å². The van der Waals surface area contributed by atoms with Crippen LogP contribution in [0, 0.1) is 6.92 Å². The third kappa shape index (κ3) is 3.01. The molecule has 0 aromatic heterocycles. The van der Waals surface area contributed by atoms with E-state index in [2.05, 4.69) is 5.32 Å². The van der Waals surface area contributed by atoms with Crippen molar-refractivity contribution in [2.24, 2.45) is 0 Å². The molecular formula is C18H20N2O3S. The lowest BCUT2D eigenvalue weighted by Crippen LogP contribution is -2.35. The molecule has 0 saturated carbocycles. The van der Waals surface area contributed by atoms with Crippen molar-refractivity contribution in [2.45, 2.75) is 31.6 Å². The Hall–Kier alpha value is -2.34. The molecule has 0 unspecified atom stereocenters. The first kappa shape index (κ1) is 16.5. The number of rotatable bonds is 3. The summed E-state index contributed by atoms with van der Waals surface area (Å²) in [6.45, 7) is 3.62. The summed E-state index contributed by atoms with van der Waals surface area (Å²) < 4.78 is 27.9. The standard InChI is InChI=1S/C18H20N2O3S/c1-13-9-10-16(19-14(2)21)12-18(13)24(22,23)20-11-5-7-15-6-3-4-8-17(15)20/h3-4,6,8-10,12H,5,7,11H2,1-2H3,(H,19,21). The predicted molar refractivity (Wildman–Crippen MR) is 94.8 cm³/mol. The quantitative estimate of drug-likeness (QED) is 0.930. The van der Waals surface area contributed by atoms with Crippen LogP contribution in [0.5, 0.6) is 0 Å². The van der Waals surface area contributed by atoms with Crippen molar-refractivity contribution in [3.8, 4) is 0 Å². The summed E-state index contributed by atoms with van der Waals surface area (Å²) in [5.74, 6) is -0.231. The number of nitrogens with zero attached hydrogens (tertiary/aromatic N) is 1. The summed E-state index contributed by atoms with van der Waals surface area (Å²) in [5.41, 5.74) is 2.93. The van der Waals surface area contributed by atoms with Crippen LogP contribution in [0.2, 0.25) is 0 Å². The third-order valence-electron chi connectivity index (χ3n) is 4.14. The zero-order valence-corrected chi connectivity index (χ0v) is 14.6. The average Bonchev–Trinajstić information content (AvgIpc) is 2.55. The largest absolute Gasteiger partial charge is 0.326 e. The molecule has 0 radical (unpaired) electrons. The van der Waals surface area contributed by atoms with Gasteiger partial charge in [0.1, 0.15) is 0 Å². The van der Waals surface area contributed by atoms with Gasteiger partial charge < -0.3 is 5.32 Å². The number of carbonyl (C=O) groups is 1. The molecule has 1 aliphatic heterocycles. The van der Waals surface area contributed by atoms with Gasteiger partial charge in [0.15, 0.2) is 0 Å². The number of fused-ring (bicyclic) bond motifs is 1. The van der Waals surface area contributed by atoms with E-state index < -0.39 is 10.0 Å². The Morgan fingerprint density at radius 3 is 2.67 bits per heavy atom. The second kappa shape index (κ2) is 6.28. The van der Waals surface area contributed by atoms with E-state index in [4.69, 9.17) is 0 Å². The number of amides is 1. The Morgan fingerprint density at radius 1 is 1.17 bits per heavy atom. The van der Waals surface area contributed by atoms with Gasteiger partial charge >= 0.3 is 0 Å². The molecule has 24 heavy (non-hydrogen) atoms. The van der Waals surface area contributed by atoms with E-state index in [0.29, 0.717) is 17.8 Å². The molecule has 1 amide bonds. The van der Waals surface area contributed by atoms with Gasteiger partial charge in [0.05, 0.1) is 10.6 Å². The van der Waals surface area contributed by atoms with Gasteiger partial charge in [0.2, 0.25) is 5.91 Å². The minimum Gasteiger partial charge on any atom is -0.326 e. The molecule has 0 spiro atoms. The highest BCUT2D eigenvalue weighted by atomic mass is 32.2. The molecule has 2 aromatic carbocycles. The number of hydrogen-bond donors (Lipinski definition) is 1. The van der Waals surface area contributed by atoms with E-state index in [-0.39, 0.29) is 10.8 Å². The monoisotopic (exact) mass is 344 g/mol. The molecule has 6 heteroatoms. The van der Waals surface area contributed by atoms with Crippen LogP contribution in [-0.4, -0.2) is 20.9 Å². The number of carbonyl (C=O) groups excluding carboxylic acids is 1. The maximum atomic E-state index is 13.2. The molecule has 2 aromatic rings. The Bertz CT molecular complexity index is 891. The molecule has 0 bridgehead atoms. The highest BCUT2D eigenvalue weighted by Gasteiger charge is 2.30. The Labute approximate surface area is 142 Å².